The third-order valence-electron chi connectivity index (χ3n) is 3.05. The predicted octanol–water partition coefficient (Wildman–Crippen LogP) is 3.21. The summed E-state index contributed by atoms with van der Waals surface area (Å²) in [5.41, 5.74) is -0.754. The third-order valence-corrected chi connectivity index (χ3v) is 3.28. The molecule has 126 valence electrons. The predicted molar refractivity (Wildman–Crippen MR) is 90.1 cm³/mol. The van der Waals surface area contributed by atoms with Crippen molar-refractivity contribution in [1.29, 1.82) is 5.26 Å². The van der Waals surface area contributed by atoms with E-state index in [9.17, 15) is 25.1 Å². The number of phenols is 2. The van der Waals surface area contributed by atoms with E-state index in [1.54, 1.807) is 24.3 Å². The second-order valence-electron chi connectivity index (χ2n) is 4.80. The van der Waals surface area contributed by atoms with Gasteiger partial charge in [0, 0.05) is 16.8 Å². The number of hydrogen-bond acceptors (Lipinski definition) is 6. The molecule has 0 atom stereocenters. The molecular formula is C16H10ClN3O5. The van der Waals surface area contributed by atoms with Crippen molar-refractivity contribution < 1.29 is 19.9 Å². The molecule has 8 nitrogen and oxygen atoms in total. The number of phenolic OH excluding ortho intramolecular Hbond substituents is 2. The monoisotopic (exact) mass is 359 g/mol. The first-order chi connectivity index (χ1) is 11.8. The third kappa shape index (κ3) is 4.25. The number of carbonyl (C=O) groups is 1. The molecule has 0 aliphatic carbocycles. The van der Waals surface area contributed by atoms with Crippen molar-refractivity contribution in [3.63, 3.8) is 0 Å². The Morgan fingerprint density at radius 3 is 2.64 bits per heavy atom. The molecule has 0 aliphatic rings. The maximum absolute atomic E-state index is 12.1. The molecule has 0 heterocycles. The smallest absolute Gasteiger partial charge is 0.315 e. The Kier molecular flexibility index (Phi) is 5.22. The van der Waals surface area contributed by atoms with Crippen LogP contribution in [0.2, 0.25) is 5.02 Å². The van der Waals surface area contributed by atoms with Gasteiger partial charge in [-0.05, 0) is 35.9 Å². The van der Waals surface area contributed by atoms with E-state index in [0.29, 0.717) is 10.7 Å². The van der Waals surface area contributed by atoms with Crippen LogP contribution in [-0.4, -0.2) is 21.0 Å². The molecule has 0 radical (unpaired) electrons. The number of amides is 1. The van der Waals surface area contributed by atoms with E-state index in [4.69, 9.17) is 16.9 Å². The van der Waals surface area contributed by atoms with Crippen LogP contribution in [0.3, 0.4) is 0 Å². The van der Waals surface area contributed by atoms with E-state index >= 15 is 0 Å². The molecule has 0 aromatic heterocycles. The number of nitrogens with one attached hydrogen (secondary N) is 1. The zero-order valence-corrected chi connectivity index (χ0v) is 13.2. The van der Waals surface area contributed by atoms with E-state index in [1.165, 1.54) is 6.07 Å². The highest BCUT2D eigenvalue weighted by Gasteiger charge is 2.19. The van der Waals surface area contributed by atoms with E-state index < -0.39 is 28.0 Å². The normalized spacial score (nSPS) is 10.8. The number of nitriles is 1. The fourth-order valence-corrected chi connectivity index (χ4v) is 2.12. The van der Waals surface area contributed by atoms with Crippen LogP contribution in [-0.2, 0) is 4.79 Å². The molecule has 2 rings (SSSR count). The minimum absolute atomic E-state index is 0.000191. The highest BCUT2D eigenvalue weighted by Crippen LogP contribution is 2.36. The summed E-state index contributed by atoms with van der Waals surface area (Å²) in [4.78, 5) is 22.1. The molecule has 2 aromatic rings. The van der Waals surface area contributed by atoms with Crippen LogP contribution in [0, 0.1) is 21.4 Å². The van der Waals surface area contributed by atoms with Crippen LogP contribution in [0.1, 0.15) is 5.56 Å². The number of halogens is 1. The largest absolute Gasteiger partial charge is 0.504 e. The fourth-order valence-electron chi connectivity index (χ4n) is 1.93. The van der Waals surface area contributed by atoms with Crippen LogP contribution < -0.4 is 5.32 Å². The van der Waals surface area contributed by atoms with Crippen molar-refractivity contribution in [2.45, 2.75) is 0 Å². The van der Waals surface area contributed by atoms with Crippen molar-refractivity contribution >= 4 is 35.0 Å². The van der Waals surface area contributed by atoms with Gasteiger partial charge in [0.05, 0.1) is 4.92 Å². The van der Waals surface area contributed by atoms with E-state index in [-0.39, 0.29) is 11.1 Å². The highest BCUT2D eigenvalue weighted by atomic mass is 35.5. The summed E-state index contributed by atoms with van der Waals surface area (Å²) < 4.78 is 0. The fraction of sp³-hybridized carbons (Fsp3) is 0. The van der Waals surface area contributed by atoms with Gasteiger partial charge < -0.3 is 15.5 Å². The molecule has 0 fully saturated rings. The van der Waals surface area contributed by atoms with Crippen LogP contribution in [0.5, 0.6) is 11.5 Å². The first-order valence-electron chi connectivity index (χ1n) is 6.71. The molecule has 1 amide bonds. The molecule has 0 unspecified atom stereocenters. The quantitative estimate of drug-likeness (QED) is 0.252. The number of hydrogen-bond donors (Lipinski definition) is 3. The lowest BCUT2D eigenvalue weighted by Gasteiger charge is -2.05. The molecule has 0 spiro atoms. The first-order valence-corrected chi connectivity index (χ1v) is 7.08. The Morgan fingerprint density at radius 1 is 1.32 bits per heavy atom. The van der Waals surface area contributed by atoms with Crippen molar-refractivity contribution in [2.75, 3.05) is 5.32 Å². The Balaban J connectivity index is 2.35. The second-order valence-corrected chi connectivity index (χ2v) is 5.24. The Bertz CT molecular complexity index is 934. The maximum atomic E-state index is 12.1. The summed E-state index contributed by atoms with van der Waals surface area (Å²) in [7, 11) is 0. The minimum Gasteiger partial charge on any atom is -0.504 e. The van der Waals surface area contributed by atoms with Crippen LogP contribution >= 0.6 is 11.6 Å². The number of anilines is 1. The van der Waals surface area contributed by atoms with E-state index in [2.05, 4.69) is 5.32 Å². The zero-order chi connectivity index (χ0) is 18.6. The van der Waals surface area contributed by atoms with Gasteiger partial charge in [-0.1, -0.05) is 17.7 Å². The van der Waals surface area contributed by atoms with Gasteiger partial charge in [-0.15, -0.1) is 0 Å². The van der Waals surface area contributed by atoms with Gasteiger partial charge in [0.25, 0.3) is 5.91 Å². The highest BCUT2D eigenvalue weighted by molar-refractivity contribution is 6.31. The van der Waals surface area contributed by atoms with Gasteiger partial charge in [-0.25, -0.2) is 0 Å². The van der Waals surface area contributed by atoms with E-state index in [1.807, 2.05) is 0 Å². The summed E-state index contributed by atoms with van der Waals surface area (Å²) in [6, 6.07) is 9.85. The van der Waals surface area contributed by atoms with Gasteiger partial charge in [-0.3, -0.25) is 14.9 Å². The topological polar surface area (TPSA) is 136 Å². The van der Waals surface area contributed by atoms with Gasteiger partial charge in [0.2, 0.25) is 5.75 Å². The number of rotatable bonds is 4. The van der Waals surface area contributed by atoms with Crippen molar-refractivity contribution in [1.82, 2.24) is 0 Å². The van der Waals surface area contributed by atoms with E-state index in [0.717, 1.165) is 18.2 Å². The molecular weight excluding hydrogens is 350 g/mol. The maximum Gasteiger partial charge on any atom is 0.315 e. The standard InChI is InChI=1S/C16H10ClN3O5/c17-11-2-1-3-12(7-11)19-16(23)10(8-18)4-9-5-13(20(24)25)15(22)14(21)6-9/h1-7,21-22H,(H,19,23)/b10-4+. The molecule has 0 saturated carbocycles. The zero-order valence-electron chi connectivity index (χ0n) is 12.4. The van der Waals surface area contributed by atoms with Crippen LogP contribution in [0.4, 0.5) is 11.4 Å². The van der Waals surface area contributed by atoms with Crippen molar-refractivity contribution in [3.8, 4) is 17.6 Å². The van der Waals surface area contributed by atoms with Crippen LogP contribution in [0.15, 0.2) is 42.0 Å². The Labute approximate surface area is 146 Å². The molecule has 0 bridgehead atoms. The van der Waals surface area contributed by atoms with Crippen molar-refractivity contribution in [3.05, 3.63) is 62.7 Å². The number of aromatic hydroxyl groups is 2. The Morgan fingerprint density at radius 2 is 2.04 bits per heavy atom. The number of nitro benzene ring substituents is 1. The summed E-state index contributed by atoms with van der Waals surface area (Å²) in [6.07, 6.45) is 1.05. The molecule has 2 aromatic carbocycles. The van der Waals surface area contributed by atoms with Crippen LogP contribution in [0.25, 0.3) is 6.08 Å². The minimum atomic E-state index is -0.899. The SMILES string of the molecule is N#C/C(=C\c1cc(O)c(O)c([N+](=O)[O-])c1)C(=O)Nc1cccc(Cl)c1. The number of benzene rings is 2. The summed E-state index contributed by atoms with van der Waals surface area (Å²) >= 11 is 5.80. The average molecular weight is 360 g/mol. The average Bonchev–Trinajstić information content (AvgIpc) is 2.55. The molecule has 25 heavy (non-hydrogen) atoms. The number of nitro groups is 1. The van der Waals surface area contributed by atoms with Gasteiger partial charge in [0.1, 0.15) is 11.6 Å². The lowest BCUT2D eigenvalue weighted by Crippen LogP contribution is -2.13. The van der Waals surface area contributed by atoms with Gasteiger partial charge in [-0.2, -0.15) is 5.26 Å². The molecule has 0 aliphatic heterocycles. The number of nitrogens with zero attached hydrogens (tertiary/aromatic N) is 2. The molecule has 0 saturated heterocycles. The number of carbonyl (C=O) groups excluding carboxylic acids is 1. The second kappa shape index (κ2) is 7.33. The van der Waals surface area contributed by atoms with Gasteiger partial charge in [0.15, 0.2) is 5.75 Å². The molecule has 3 N–H and O–H groups in total. The lowest BCUT2D eigenvalue weighted by atomic mass is 10.1. The molecule has 9 heteroatoms. The summed E-state index contributed by atoms with van der Waals surface area (Å²) in [5, 5.41) is 41.8. The summed E-state index contributed by atoms with van der Waals surface area (Å²) in [5.74, 6) is -2.41. The first kappa shape index (κ1) is 17.8. The Hall–Kier alpha value is -3.57. The van der Waals surface area contributed by atoms with Gasteiger partial charge >= 0.3 is 5.69 Å². The van der Waals surface area contributed by atoms with Crippen molar-refractivity contribution in [2.24, 2.45) is 0 Å². The lowest BCUT2D eigenvalue weighted by molar-refractivity contribution is -0.386. The summed E-state index contributed by atoms with van der Waals surface area (Å²) in [6.45, 7) is 0.